The van der Waals surface area contributed by atoms with Crippen molar-refractivity contribution in [3.63, 3.8) is 0 Å². The molecule has 0 aliphatic heterocycles. The molecule has 9 nitrogen and oxygen atoms in total. The van der Waals surface area contributed by atoms with Crippen molar-refractivity contribution in [2.24, 2.45) is 0 Å². The SMILES string of the molecule is COc1ccc(-c2ccncc2)cc1S(=O)(=O)NCCOc1nonc1C. The van der Waals surface area contributed by atoms with Crippen LogP contribution >= 0.6 is 0 Å². The van der Waals surface area contributed by atoms with E-state index < -0.39 is 10.0 Å². The molecule has 1 N–H and O–H groups in total. The third kappa shape index (κ3) is 4.41. The Balaban J connectivity index is 1.75. The summed E-state index contributed by atoms with van der Waals surface area (Å²) in [4.78, 5) is 4.01. The molecular weight excluding hydrogens is 372 g/mol. The first kappa shape index (κ1) is 18.8. The lowest BCUT2D eigenvalue weighted by Crippen LogP contribution is -2.28. The second-order valence-corrected chi connectivity index (χ2v) is 7.24. The third-order valence-corrected chi connectivity index (χ3v) is 5.19. The number of aryl methyl sites for hydroxylation is 1. The van der Waals surface area contributed by atoms with Crippen LogP contribution in [0.15, 0.2) is 52.3 Å². The van der Waals surface area contributed by atoms with Gasteiger partial charge < -0.3 is 9.47 Å². The summed E-state index contributed by atoms with van der Waals surface area (Å²) in [6, 6.07) is 8.56. The monoisotopic (exact) mass is 390 g/mol. The first-order valence-corrected chi connectivity index (χ1v) is 9.49. The van der Waals surface area contributed by atoms with Crippen LogP contribution in [0.4, 0.5) is 0 Å². The van der Waals surface area contributed by atoms with E-state index in [1.165, 1.54) is 7.11 Å². The quantitative estimate of drug-likeness (QED) is 0.579. The molecule has 0 atom stereocenters. The molecule has 142 valence electrons. The summed E-state index contributed by atoms with van der Waals surface area (Å²) in [6.07, 6.45) is 3.29. The van der Waals surface area contributed by atoms with Gasteiger partial charge in [0.2, 0.25) is 10.0 Å². The smallest absolute Gasteiger partial charge is 0.278 e. The van der Waals surface area contributed by atoms with Crippen LogP contribution in [0.5, 0.6) is 11.6 Å². The number of rotatable bonds is 8. The molecule has 0 unspecified atom stereocenters. The number of nitrogens with zero attached hydrogens (tertiary/aromatic N) is 3. The Kier molecular flexibility index (Phi) is 5.67. The van der Waals surface area contributed by atoms with E-state index in [0.29, 0.717) is 5.69 Å². The van der Waals surface area contributed by atoms with E-state index in [4.69, 9.17) is 9.47 Å². The first-order chi connectivity index (χ1) is 13.0. The molecule has 0 aliphatic carbocycles. The Morgan fingerprint density at radius 3 is 2.56 bits per heavy atom. The molecule has 0 bridgehead atoms. The van der Waals surface area contributed by atoms with E-state index in [0.717, 1.165) is 11.1 Å². The number of methoxy groups -OCH3 is 1. The molecule has 0 spiro atoms. The maximum atomic E-state index is 12.7. The van der Waals surface area contributed by atoms with Crippen molar-refractivity contribution in [2.75, 3.05) is 20.3 Å². The van der Waals surface area contributed by atoms with E-state index in [-0.39, 0.29) is 29.7 Å². The molecule has 0 fully saturated rings. The van der Waals surface area contributed by atoms with Gasteiger partial charge in [-0.25, -0.2) is 17.8 Å². The fourth-order valence-corrected chi connectivity index (χ4v) is 3.57. The Bertz CT molecular complexity index is 1010. The first-order valence-electron chi connectivity index (χ1n) is 8.01. The predicted octanol–water partition coefficient (Wildman–Crippen LogP) is 1.81. The van der Waals surface area contributed by atoms with Gasteiger partial charge in [-0.05, 0) is 47.5 Å². The van der Waals surface area contributed by atoms with Crippen LogP contribution in [-0.2, 0) is 10.0 Å². The maximum Gasteiger partial charge on any atom is 0.278 e. The molecule has 3 rings (SSSR count). The van der Waals surface area contributed by atoms with Gasteiger partial charge in [-0.15, -0.1) is 0 Å². The third-order valence-electron chi connectivity index (χ3n) is 3.71. The zero-order valence-corrected chi connectivity index (χ0v) is 15.6. The Labute approximate surface area is 156 Å². The van der Waals surface area contributed by atoms with Crippen molar-refractivity contribution >= 4 is 10.0 Å². The minimum Gasteiger partial charge on any atom is -0.495 e. The fourth-order valence-electron chi connectivity index (χ4n) is 2.37. The number of ether oxygens (including phenoxy) is 2. The molecule has 0 aliphatic rings. The lowest BCUT2D eigenvalue weighted by atomic mass is 10.1. The van der Waals surface area contributed by atoms with Gasteiger partial charge in [0.1, 0.15) is 22.9 Å². The van der Waals surface area contributed by atoms with Crippen LogP contribution in [0, 0.1) is 6.92 Å². The highest BCUT2D eigenvalue weighted by Gasteiger charge is 2.20. The van der Waals surface area contributed by atoms with Crippen molar-refractivity contribution in [2.45, 2.75) is 11.8 Å². The number of pyridine rings is 1. The lowest BCUT2D eigenvalue weighted by Gasteiger charge is -2.12. The van der Waals surface area contributed by atoms with Gasteiger partial charge in [-0.3, -0.25) is 4.98 Å². The lowest BCUT2D eigenvalue weighted by molar-refractivity contribution is 0.258. The normalized spacial score (nSPS) is 11.3. The standard InChI is InChI=1S/C17H18N4O5S/c1-12-17(21-26-20-12)25-10-9-19-27(22,23)16-11-14(3-4-15(16)24-2)13-5-7-18-8-6-13/h3-8,11,19H,9-10H2,1-2H3. The van der Waals surface area contributed by atoms with Crippen LogP contribution in [0.25, 0.3) is 11.1 Å². The number of sulfonamides is 1. The molecule has 2 heterocycles. The van der Waals surface area contributed by atoms with Crippen molar-refractivity contribution in [3.8, 4) is 22.8 Å². The summed E-state index contributed by atoms with van der Waals surface area (Å²) in [5, 5.41) is 7.15. The number of nitrogens with one attached hydrogen (secondary N) is 1. The van der Waals surface area contributed by atoms with Crippen LogP contribution in [-0.4, -0.2) is 44.0 Å². The van der Waals surface area contributed by atoms with E-state index >= 15 is 0 Å². The van der Waals surface area contributed by atoms with Gasteiger partial charge in [0, 0.05) is 18.9 Å². The summed E-state index contributed by atoms with van der Waals surface area (Å²) in [6.45, 7) is 1.78. The van der Waals surface area contributed by atoms with Crippen LogP contribution in [0.1, 0.15) is 5.69 Å². The molecule has 1 aromatic carbocycles. The van der Waals surface area contributed by atoms with E-state index in [9.17, 15) is 8.42 Å². The van der Waals surface area contributed by atoms with Gasteiger partial charge in [0.05, 0.1) is 7.11 Å². The fraction of sp³-hybridized carbons (Fsp3) is 0.235. The molecule has 0 saturated heterocycles. The number of hydrogen-bond acceptors (Lipinski definition) is 8. The average Bonchev–Trinajstić information content (AvgIpc) is 3.10. The molecular formula is C17H18N4O5S. The average molecular weight is 390 g/mol. The summed E-state index contributed by atoms with van der Waals surface area (Å²) in [5.41, 5.74) is 2.07. The van der Waals surface area contributed by atoms with E-state index in [2.05, 4.69) is 24.6 Å². The summed E-state index contributed by atoms with van der Waals surface area (Å²) in [7, 11) is -2.39. The predicted molar refractivity (Wildman–Crippen MR) is 95.9 cm³/mol. The molecule has 3 aromatic rings. The summed E-state index contributed by atoms with van der Waals surface area (Å²) < 4.78 is 43.0. The highest BCUT2D eigenvalue weighted by Crippen LogP contribution is 2.29. The van der Waals surface area contributed by atoms with Gasteiger partial charge in [-0.2, -0.15) is 0 Å². The van der Waals surface area contributed by atoms with Gasteiger partial charge in [0.25, 0.3) is 5.88 Å². The van der Waals surface area contributed by atoms with Crippen LogP contribution in [0.2, 0.25) is 0 Å². The molecule has 10 heteroatoms. The van der Waals surface area contributed by atoms with Crippen molar-refractivity contribution in [3.05, 3.63) is 48.4 Å². The van der Waals surface area contributed by atoms with Gasteiger partial charge in [0.15, 0.2) is 0 Å². The summed E-state index contributed by atoms with van der Waals surface area (Å²) >= 11 is 0. The molecule has 2 aromatic heterocycles. The van der Waals surface area contributed by atoms with Crippen molar-refractivity contribution in [1.82, 2.24) is 20.0 Å². The van der Waals surface area contributed by atoms with Crippen LogP contribution in [0.3, 0.4) is 0 Å². The van der Waals surface area contributed by atoms with Gasteiger partial charge in [-0.1, -0.05) is 11.2 Å². The highest BCUT2D eigenvalue weighted by atomic mass is 32.2. The van der Waals surface area contributed by atoms with E-state index in [1.807, 2.05) is 0 Å². The molecule has 27 heavy (non-hydrogen) atoms. The minimum absolute atomic E-state index is 0.0390. The number of hydrogen-bond donors (Lipinski definition) is 1. The molecule has 0 saturated carbocycles. The Morgan fingerprint density at radius 2 is 1.89 bits per heavy atom. The van der Waals surface area contributed by atoms with Crippen molar-refractivity contribution < 1.29 is 22.5 Å². The highest BCUT2D eigenvalue weighted by molar-refractivity contribution is 7.89. The molecule has 0 amide bonds. The largest absolute Gasteiger partial charge is 0.495 e. The van der Waals surface area contributed by atoms with Crippen LogP contribution < -0.4 is 14.2 Å². The molecule has 0 radical (unpaired) electrons. The second kappa shape index (κ2) is 8.14. The Morgan fingerprint density at radius 1 is 1.11 bits per heavy atom. The topological polar surface area (TPSA) is 116 Å². The maximum absolute atomic E-state index is 12.7. The zero-order valence-electron chi connectivity index (χ0n) is 14.7. The van der Waals surface area contributed by atoms with E-state index in [1.54, 1.807) is 49.6 Å². The second-order valence-electron chi connectivity index (χ2n) is 5.50. The minimum atomic E-state index is -3.81. The van der Waals surface area contributed by atoms with Crippen molar-refractivity contribution in [1.29, 1.82) is 0 Å². The number of benzene rings is 1. The van der Waals surface area contributed by atoms with Gasteiger partial charge >= 0.3 is 0 Å². The zero-order chi connectivity index (χ0) is 19.3. The summed E-state index contributed by atoms with van der Waals surface area (Å²) in [5.74, 6) is 0.476. The number of aromatic nitrogens is 3. The Hall–Kier alpha value is -2.98.